The van der Waals surface area contributed by atoms with Gasteiger partial charge in [-0.1, -0.05) is 0 Å². The van der Waals surface area contributed by atoms with Gasteiger partial charge in [-0.05, 0) is 42.5 Å². The molecule has 0 saturated heterocycles. The van der Waals surface area contributed by atoms with Crippen LogP contribution in [-0.4, -0.2) is 22.2 Å². The number of benzene rings is 1. The van der Waals surface area contributed by atoms with Crippen molar-refractivity contribution in [3.05, 3.63) is 23.8 Å². The van der Waals surface area contributed by atoms with Gasteiger partial charge in [-0.3, -0.25) is 0 Å². The Balaban J connectivity index is 2.56. The van der Waals surface area contributed by atoms with Crippen LogP contribution in [0.2, 0.25) is 0 Å². The first-order chi connectivity index (χ1) is 6.22. The molecule has 2 nitrogen and oxygen atoms in total. The van der Waals surface area contributed by atoms with E-state index in [1.807, 2.05) is 0 Å². The zero-order valence-electron chi connectivity index (χ0n) is 7.66. The minimum Gasteiger partial charge on any atom is -0.508 e. The van der Waals surface area contributed by atoms with Crippen LogP contribution in [0.25, 0.3) is 0 Å². The number of hydrogen-bond acceptors (Lipinski definition) is 3. The van der Waals surface area contributed by atoms with Crippen molar-refractivity contribution in [1.82, 2.24) is 0 Å². The average molecular weight is 198 g/mol. The van der Waals surface area contributed by atoms with Crippen LogP contribution in [0.5, 0.6) is 11.5 Å². The van der Waals surface area contributed by atoms with Gasteiger partial charge < -0.3 is 10.2 Å². The van der Waals surface area contributed by atoms with Crippen molar-refractivity contribution in [2.45, 2.75) is 12.8 Å². The summed E-state index contributed by atoms with van der Waals surface area (Å²) in [6.07, 6.45) is 4.05. The molecule has 0 aliphatic rings. The molecule has 2 N–H and O–H groups in total. The number of aryl methyl sites for hydroxylation is 1. The maximum atomic E-state index is 9.19. The van der Waals surface area contributed by atoms with Gasteiger partial charge in [-0.15, -0.1) is 0 Å². The van der Waals surface area contributed by atoms with E-state index in [-0.39, 0.29) is 11.5 Å². The van der Waals surface area contributed by atoms with E-state index in [0.717, 1.165) is 24.2 Å². The van der Waals surface area contributed by atoms with Crippen molar-refractivity contribution in [1.29, 1.82) is 0 Å². The molecule has 0 heterocycles. The third-order valence-electron chi connectivity index (χ3n) is 1.78. The monoisotopic (exact) mass is 198 g/mol. The Morgan fingerprint density at radius 2 is 1.77 bits per heavy atom. The highest BCUT2D eigenvalue weighted by atomic mass is 32.2. The third kappa shape index (κ3) is 3.59. The molecular formula is C10H14O2S. The fraction of sp³-hybridized carbons (Fsp3) is 0.400. The smallest absolute Gasteiger partial charge is 0.119 e. The van der Waals surface area contributed by atoms with Crippen LogP contribution in [0, 0.1) is 0 Å². The maximum Gasteiger partial charge on any atom is 0.119 e. The number of phenolic OH excluding ortho intramolecular Hbond substituents is 2. The van der Waals surface area contributed by atoms with Crippen LogP contribution in [-0.2, 0) is 6.42 Å². The second-order valence-corrected chi connectivity index (χ2v) is 3.94. The SMILES string of the molecule is CSCCCc1cc(O)cc(O)c1. The van der Waals surface area contributed by atoms with Gasteiger partial charge in [0.1, 0.15) is 11.5 Å². The Morgan fingerprint density at radius 1 is 1.15 bits per heavy atom. The second kappa shape index (κ2) is 5.02. The van der Waals surface area contributed by atoms with Crippen LogP contribution in [0.4, 0.5) is 0 Å². The highest BCUT2D eigenvalue weighted by molar-refractivity contribution is 7.98. The number of rotatable bonds is 4. The summed E-state index contributed by atoms with van der Waals surface area (Å²) in [4.78, 5) is 0. The number of aromatic hydroxyl groups is 2. The summed E-state index contributed by atoms with van der Waals surface area (Å²) in [5.74, 6) is 1.38. The number of thioether (sulfide) groups is 1. The minimum absolute atomic E-state index is 0.138. The van der Waals surface area contributed by atoms with Gasteiger partial charge >= 0.3 is 0 Å². The summed E-state index contributed by atoms with van der Waals surface area (Å²) in [7, 11) is 0. The molecule has 1 rings (SSSR count). The van der Waals surface area contributed by atoms with Gasteiger partial charge in [0.25, 0.3) is 0 Å². The molecule has 0 unspecified atom stereocenters. The summed E-state index contributed by atoms with van der Waals surface area (Å²) in [6, 6.07) is 4.73. The minimum atomic E-state index is 0.138. The lowest BCUT2D eigenvalue weighted by atomic mass is 10.1. The highest BCUT2D eigenvalue weighted by Gasteiger charge is 1.98. The van der Waals surface area contributed by atoms with Gasteiger partial charge in [0.15, 0.2) is 0 Å². The first-order valence-electron chi connectivity index (χ1n) is 4.23. The van der Waals surface area contributed by atoms with Gasteiger partial charge in [0.2, 0.25) is 0 Å². The van der Waals surface area contributed by atoms with Crippen molar-refractivity contribution in [2.75, 3.05) is 12.0 Å². The van der Waals surface area contributed by atoms with Gasteiger partial charge in [-0.2, -0.15) is 11.8 Å². The first-order valence-corrected chi connectivity index (χ1v) is 5.62. The van der Waals surface area contributed by atoms with Crippen LogP contribution >= 0.6 is 11.8 Å². The van der Waals surface area contributed by atoms with Gasteiger partial charge in [0.05, 0.1) is 0 Å². The summed E-state index contributed by atoms with van der Waals surface area (Å²) in [5, 5.41) is 18.4. The normalized spacial score (nSPS) is 10.2. The molecule has 1 aromatic carbocycles. The highest BCUT2D eigenvalue weighted by Crippen LogP contribution is 2.21. The fourth-order valence-electron chi connectivity index (χ4n) is 1.22. The fourth-order valence-corrected chi connectivity index (χ4v) is 1.65. The Hall–Kier alpha value is -0.830. The van der Waals surface area contributed by atoms with E-state index in [4.69, 9.17) is 0 Å². The Morgan fingerprint density at radius 3 is 2.31 bits per heavy atom. The largest absolute Gasteiger partial charge is 0.508 e. The Labute approximate surface area is 82.6 Å². The van der Waals surface area contributed by atoms with E-state index < -0.39 is 0 Å². The first kappa shape index (κ1) is 10.3. The molecule has 0 spiro atoms. The lowest BCUT2D eigenvalue weighted by Crippen LogP contribution is -1.87. The number of phenols is 2. The van der Waals surface area contributed by atoms with E-state index in [2.05, 4.69) is 6.26 Å². The van der Waals surface area contributed by atoms with E-state index >= 15 is 0 Å². The average Bonchev–Trinajstić information content (AvgIpc) is 2.03. The van der Waals surface area contributed by atoms with E-state index in [1.54, 1.807) is 23.9 Å². The zero-order valence-corrected chi connectivity index (χ0v) is 8.47. The number of hydrogen-bond donors (Lipinski definition) is 2. The Kier molecular flexibility index (Phi) is 3.96. The van der Waals surface area contributed by atoms with Crippen LogP contribution in [0.1, 0.15) is 12.0 Å². The third-order valence-corrected chi connectivity index (χ3v) is 2.47. The van der Waals surface area contributed by atoms with Gasteiger partial charge in [-0.25, -0.2) is 0 Å². The molecule has 0 bridgehead atoms. The summed E-state index contributed by atoms with van der Waals surface area (Å²) >= 11 is 1.80. The zero-order chi connectivity index (χ0) is 9.68. The van der Waals surface area contributed by atoms with Crippen molar-refractivity contribution >= 4 is 11.8 Å². The van der Waals surface area contributed by atoms with Crippen LogP contribution in [0.3, 0.4) is 0 Å². The lowest BCUT2D eigenvalue weighted by Gasteiger charge is -2.02. The summed E-state index contributed by atoms with van der Waals surface area (Å²) in [5.41, 5.74) is 0.992. The molecule has 0 radical (unpaired) electrons. The van der Waals surface area contributed by atoms with E-state index in [1.165, 1.54) is 6.07 Å². The van der Waals surface area contributed by atoms with Gasteiger partial charge in [0, 0.05) is 6.07 Å². The predicted molar refractivity (Wildman–Crippen MR) is 56.5 cm³/mol. The molecule has 0 aliphatic heterocycles. The quantitative estimate of drug-likeness (QED) is 0.730. The molecule has 1 aromatic rings. The standard InChI is InChI=1S/C10H14O2S/c1-13-4-2-3-8-5-9(11)7-10(12)6-8/h5-7,11-12H,2-4H2,1H3. The van der Waals surface area contributed by atoms with Crippen molar-refractivity contribution < 1.29 is 10.2 Å². The molecule has 0 amide bonds. The predicted octanol–water partition coefficient (Wildman–Crippen LogP) is 2.39. The maximum absolute atomic E-state index is 9.19. The molecular weight excluding hydrogens is 184 g/mol. The lowest BCUT2D eigenvalue weighted by molar-refractivity contribution is 0.449. The van der Waals surface area contributed by atoms with Crippen molar-refractivity contribution in [3.63, 3.8) is 0 Å². The summed E-state index contributed by atoms with van der Waals surface area (Å²) < 4.78 is 0. The van der Waals surface area contributed by atoms with Crippen LogP contribution < -0.4 is 0 Å². The molecule has 0 atom stereocenters. The molecule has 0 saturated carbocycles. The van der Waals surface area contributed by atoms with Crippen molar-refractivity contribution in [3.8, 4) is 11.5 Å². The molecule has 72 valence electrons. The van der Waals surface area contributed by atoms with E-state index in [9.17, 15) is 10.2 Å². The molecule has 0 fully saturated rings. The molecule has 3 heteroatoms. The van der Waals surface area contributed by atoms with Crippen molar-refractivity contribution in [2.24, 2.45) is 0 Å². The molecule has 13 heavy (non-hydrogen) atoms. The molecule has 0 aromatic heterocycles. The topological polar surface area (TPSA) is 40.5 Å². The summed E-state index contributed by atoms with van der Waals surface area (Å²) in [6.45, 7) is 0. The molecule has 0 aliphatic carbocycles. The van der Waals surface area contributed by atoms with Crippen LogP contribution in [0.15, 0.2) is 18.2 Å². The Bertz CT molecular complexity index is 253. The second-order valence-electron chi connectivity index (χ2n) is 2.95. The van der Waals surface area contributed by atoms with E-state index in [0.29, 0.717) is 0 Å².